The monoisotopic (exact) mass is 298 g/mol. The van der Waals surface area contributed by atoms with E-state index in [-0.39, 0.29) is 16.4 Å². The van der Waals surface area contributed by atoms with E-state index in [2.05, 4.69) is 9.44 Å². The third-order valence-corrected chi connectivity index (χ3v) is 3.08. The molecule has 0 atom stereocenters. The first-order valence-electron chi connectivity index (χ1n) is 4.32. The van der Waals surface area contributed by atoms with E-state index in [1.165, 1.54) is 18.2 Å². The molecule has 6 nitrogen and oxygen atoms in total. The minimum absolute atomic E-state index is 0.101. The van der Waals surface area contributed by atoms with Crippen molar-refractivity contribution in [1.82, 2.24) is 0 Å². The molecule has 0 saturated heterocycles. The molecule has 17 heavy (non-hydrogen) atoms. The van der Waals surface area contributed by atoms with Gasteiger partial charge < -0.3 is 0 Å². The van der Waals surface area contributed by atoms with Crippen LogP contribution in [0.3, 0.4) is 0 Å². The summed E-state index contributed by atoms with van der Waals surface area (Å²) in [7, 11) is -6.81. The highest BCUT2D eigenvalue weighted by molar-refractivity contribution is 7.92. The number of anilines is 2. The molecule has 0 saturated carbocycles. The third-order valence-electron chi connectivity index (χ3n) is 1.57. The predicted octanol–water partition coefficient (Wildman–Crippen LogP) is 1.08. The summed E-state index contributed by atoms with van der Waals surface area (Å²) in [6, 6.07) is 4.09. The van der Waals surface area contributed by atoms with Crippen molar-refractivity contribution in [2.75, 3.05) is 22.0 Å². The fourth-order valence-corrected chi connectivity index (χ4v) is 2.49. The first-order valence-corrected chi connectivity index (χ1v) is 8.48. The molecule has 0 aliphatic heterocycles. The number of nitrogens with one attached hydrogen (secondary N) is 2. The van der Waals surface area contributed by atoms with Crippen molar-refractivity contribution in [2.24, 2.45) is 0 Å². The largest absolute Gasteiger partial charge is 0.284 e. The lowest BCUT2D eigenvalue weighted by atomic mass is 10.3. The van der Waals surface area contributed by atoms with Gasteiger partial charge in [-0.25, -0.2) is 16.8 Å². The molecular weight excluding hydrogens is 288 g/mol. The van der Waals surface area contributed by atoms with Crippen LogP contribution in [0.5, 0.6) is 0 Å². The fraction of sp³-hybridized carbons (Fsp3) is 0.250. The normalized spacial score (nSPS) is 12.2. The molecule has 0 unspecified atom stereocenters. The molecule has 1 aromatic carbocycles. The van der Waals surface area contributed by atoms with E-state index < -0.39 is 20.0 Å². The average Bonchev–Trinajstić information content (AvgIpc) is 2.05. The van der Waals surface area contributed by atoms with Gasteiger partial charge in [-0.05, 0) is 18.2 Å². The van der Waals surface area contributed by atoms with Gasteiger partial charge in [-0.15, -0.1) is 0 Å². The maximum Gasteiger partial charge on any atom is 0.229 e. The lowest BCUT2D eigenvalue weighted by molar-refractivity contribution is 0.605. The summed E-state index contributed by atoms with van der Waals surface area (Å²) < 4.78 is 48.3. The molecule has 0 aliphatic carbocycles. The summed E-state index contributed by atoms with van der Waals surface area (Å²) in [6.45, 7) is 0. The van der Waals surface area contributed by atoms with Crippen molar-refractivity contribution in [2.45, 2.75) is 0 Å². The smallest absolute Gasteiger partial charge is 0.229 e. The van der Waals surface area contributed by atoms with Gasteiger partial charge in [0, 0.05) is 0 Å². The first kappa shape index (κ1) is 14.1. The molecule has 1 aromatic rings. The Hall–Kier alpha value is -0.990. The number of halogens is 1. The topological polar surface area (TPSA) is 92.3 Å². The van der Waals surface area contributed by atoms with Crippen LogP contribution in [0.25, 0.3) is 0 Å². The Kier molecular flexibility index (Phi) is 3.90. The molecular formula is C8H11ClN2O4S2. The number of benzene rings is 1. The molecule has 9 heteroatoms. The minimum atomic E-state index is -3.42. The van der Waals surface area contributed by atoms with Crippen LogP contribution in [-0.4, -0.2) is 29.3 Å². The molecule has 1 rings (SSSR count). The Balaban J connectivity index is 3.02. The number of rotatable bonds is 4. The Morgan fingerprint density at radius 2 is 1.53 bits per heavy atom. The maximum absolute atomic E-state index is 11.0. The van der Waals surface area contributed by atoms with Crippen molar-refractivity contribution in [3.05, 3.63) is 23.2 Å². The quantitative estimate of drug-likeness (QED) is 0.870. The van der Waals surface area contributed by atoms with Gasteiger partial charge in [0.05, 0.1) is 28.9 Å². The molecule has 2 N–H and O–H groups in total. The Morgan fingerprint density at radius 3 is 1.94 bits per heavy atom. The third kappa shape index (κ3) is 5.24. The van der Waals surface area contributed by atoms with Crippen molar-refractivity contribution >= 4 is 43.0 Å². The highest BCUT2D eigenvalue weighted by Gasteiger charge is 2.08. The van der Waals surface area contributed by atoms with Gasteiger partial charge in [-0.3, -0.25) is 9.44 Å². The summed E-state index contributed by atoms with van der Waals surface area (Å²) >= 11 is 5.80. The van der Waals surface area contributed by atoms with Gasteiger partial charge in [0.1, 0.15) is 0 Å². The van der Waals surface area contributed by atoms with Crippen LogP contribution in [-0.2, 0) is 20.0 Å². The van der Waals surface area contributed by atoms with Gasteiger partial charge in [0.2, 0.25) is 20.0 Å². The molecule has 96 valence electrons. The van der Waals surface area contributed by atoms with Crippen LogP contribution in [0.2, 0.25) is 5.02 Å². The number of hydrogen-bond acceptors (Lipinski definition) is 4. The van der Waals surface area contributed by atoms with Gasteiger partial charge in [0.15, 0.2) is 0 Å². The summed E-state index contributed by atoms with van der Waals surface area (Å²) in [5, 5.41) is 0.101. The lowest BCUT2D eigenvalue weighted by Gasteiger charge is -2.09. The fourth-order valence-electron chi connectivity index (χ4n) is 1.08. The van der Waals surface area contributed by atoms with Crippen LogP contribution < -0.4 is 9.44 Å². The molecule has 0 aromatic heterocycles. The van der Waals surface area contributed by atoms with Crippen molar-refractivity contribution in [1.29, 1.82) is 0 Å². The van der Waals surface area contributed by atoms with Crippen molar-refractivity contribution < 1.29 is 16.8 Å². The number of sulfonamides is 2. The SMILES string of the molecule is CS(=O)(=O)Nc1ccc(NS(C)(=O)=O)c(Cl)c1. The summed E-state index contributed by atoms with van der Waals surface area (Å²) in [4.78, 5) is 0. The molecule has 0 heterocycles. The molecule has 0 bridgehead atoms. The average molecular weight is 299 g/mol. The van der Waals surface area contributed by atoms with E-state index in [9.17, 15) is 16.8 Å². The highest BCUT2D eigenvalue weighted by Crippen LogP contribution is 2.26. The molecule has 0 radical (unpaired) electrons. The van der Waals surface area contributed by atoms with Crippen LogP contribution in [0.1, 0.15) is 0 Å². The second-order valence-corrected chi connectivity index (χ2v) is 7.35. The zero-order valence-electron chi connectivity index (χ0n) is 9.06. The minimum Gasteiger partial charge on any atom is -0.284 e. The van der Waals surface area contributed by atoms with E-state index >= 15 is 0 Å². The molecule has 0 aliphatic rings. The number of hydrogen-bond donors (Lipinski definition) is 2. The second-order valence-electron chi connectivity index (χ2n) is 3.44. The van der Waals surface area contributed by atoms with Crippen LogP contribution in [0.4, 0.5) is 11.4 Å². The van der Waals surface area contributed by atoms with Gasteiger partial charge in [-0.2, -0.15) is 0 Å². The van der Waals surface area contributed by atoms with Crippen LogP contribution >= 0.6 is 11.6 Å². The predicted molar refractivity (Wildman–Crippen MR) is 68.4 cm³/mol. The zero-order valence-corrected chi connectivity index (χ0v) is 11.4. The van der Waals surface area contributed by atoms with Gasteiger partial charge in [-0.1, -0.05) is 11.6 Å². The van der Waals surface area contributed by atoms with Crippen LogP contribution in [0, 0.1) is 0 Å². The summed E-state index contributed by atoms with van der Waals surface area (Å²) in [5.41, 5.74) is 0.449. The Morgan fingerprint density at radius 1 is 1.00 bits per heavy atom. The lowest BCUT2D eigenvalue weighted by Crippen LogP contribution is -2.11. The second kappa shape index (κ2) is 4.71. The van der Waals surface area contributed by atoms with E-state index in [4.69, 9.17) is 11.6 Å². The molecule has 0 spiro atoms. The standard InChI is InChI=1S/C8H11ClN2O4S2/c1-16(12,13)10-6-3-4-8(7(9)5-6)11-17(2,14)15/h3-5,10-11H,1-2H3. The van der Waals surface area contributed by atoms with Crippen LogP contribution in [0.15, 0.2) is 18.2 Å². The van der Waals surface area contributed by atoms with Gasteiger partial charge in [0.25, 0.3) is 0 Å². The maximum atomic E-state index is 11.0. The first-order chi connectivity index (χ1) is 7.57. The van der Waals surface area contributed by atoms with Crippen molar-refractivity contribution in [3.63, 3.8) is 0 Å². The van der Waals surface area contributed by atoms with Crippen molar-refractivity contribution in [3.8, 4) is 0 Å². The van der Waals surface area contributed by atoms with E-state index in [1.54, 1.807) is 0 Å². The van der Waals surface area contributed by atoms with Gasteiger partial charge >= 0.3 is 0 Å². The Labute approximate surface area is 105 Å². The summed E-state index contributed by atoms with van der Waals surface area (Å²) in [6.07, 6.45) is 2.00. The highest BCUT2D eigenvalue weighted by atomic mass is 35.5. The van der Waals surface area contributed by atoms with E-state index in [0.717, 1.165) is 12.5 Å². The summed E-state index contributed by atoms with van der Waals surface area (Å²) in [5.74, 6) is 0. The molecule has 0 fully saturated rings. The molecule has 0 amide bonds. The van der Waals surface area contributed by atoms with E-state index in [0.29, 0.717) is 0 Å². The van der Waals surface area contributed by atoms with E-state index in [1.807, 2.05) is 0 Å². The zero-order chi connectivity index (χ0) is 13.3. The Bertz CT molecular complexity index is 625.